The van der Waals surface area contributed by atoms with Gasteiger partial charge in [-0.1, -0.05) is 0 Å². The zero-order valence-corrected chi connectivity index (χ0v) is 13.4. The van der Waals surface area contributed by atoms with Crippen LogP contribution in [0.3, 0.4) is 0 Å². The van der Waals surface area contributed by atoms with Crippen molar-refractivity contribution in [1.82, 2.24) is 15.0 Å². The van der Waals surface area contributed by atoms with Crippen LogP contribution in [0.15, 0.2) is 35.7 Å². The highest BCUT2D eigenvalue weighted by Crippen LogP contribution is 2.27. The van der Waals surface area contributed by atoms with Crippen molar-refractivity contribution >= 4 is 11.5 Å². The number of anilines is 1. The second kappa shape index (κ2) is 7.16. The molecule has 1 aromatic carbocycles. The summed E-state index contributed by atoms with van der Waals surface area (Å²) < 4.78 is 41.7. The highest BCUT2D eigenvalue weighted by molar-refractivity contribution is 6.09. The predicted octanol–water partition coefficient (Wildman–Crippen LogP) is 2.11. The zero-order valence-electron chi connectivity index (χ0n) is 13.4. The molecule has 2 heterocycles. The molecule has 0 amide bonds. The summed E-state index contributed by atoms with van der Waals surface area (Å²) in [6, 6.07) is 3.10. The third-order valence-electron chi connectivity index (χ3n) is 3.69. The Hall–Kier alpha value is -2.52. The Kier molecular flexibility index (Phi) is 4.95. The van der Waals surface area contributed by atoms with Crippen LogP contribution in [-0.2, 0) is 0 Å². The molecule has 0 fully saturated rings. The summed E-state index contributed by atoms with van der Waals surface area (Å²) in [6.45, 7) is 2.10. The van der Waals surface area contributed by atoms with Crippen molar-refractivity contribution in [2.24, 2.45) is 4.99 Å². The summed E-state index contributed by atoms with van der Waals surface area (Å²) in [7, 11) is 0. The van der Waals surface area contributed by atoms with Crippen molar-refractivity contribution in [3.63, 3.8) is 0 Å². The summed E-state index contributed by atoms with van der Waals surface area (Å²) in [5.74, 6) is -2.14. The lowest BCUT2D eigenvalue weighted by atomic mass is 10.2. The van der Waals surface area contributed by atoms with E-state index in [0.29, 0.717) is 13.0 Å². The lowest BCUT2D eigenvalue weighted by Crippen LogP contribution is -2.44. The van der Waals surface area contributed by atoms with Gasteiger partial charge in [0.05, 0.1) is 18.0 Å². The molecule has 9 heteroatoms. The Bertz CT molecular complexity index is 799. The first-order valence-electron chi connectivity index (χ1n) is 7.66. The average molecular weight is 351 g/mol. The van der Waals surface area contributed by atoms with E-state index in [1.807, 2.05) is 0 Å². The van der Waals surface area contributed by atoms with Gasteiger partial charge in [0, 0.05) is 12.6 Å². The fourth-order valence-corrected chi connectivity index (χ4v) is 2.49. The van der Waals surface area contributed by atoms with E-state index < -0.39 is 23.6 Å². The third kappa shape index (κ3) is 3.62. The van der Waals surface area contributed by atoms with Crippen molar-refractivity contribution in [2.45, 2.75) is 19.4 Å². The van der Waals surface area contributed by atoms with E-state index in [-0.39, 0.29) is 23.9 Å². The predicted molar refractivity (Wildman–Crippen MR) is 85.2 cm³/mol. The number of halogens is 3. The minimum atomic E-state index is -0.814. The van der Waals surface area contributed by atoms with E-state index in [1.54, 1.807) is 11.9 Å². The number of aliphatic hydroxyl groups excluding tert-OH is 1. The second-order valence-corrected chi connectivity index (χ2v) is 5.62. The number of amidine groups is 1. The SMILES string of the molecule is CC(O)CCN1CN=C(c2ncncc2F)N1c1ccc(F)cc1F. The monoisotopic (exact) mass is 351 g/mol. The quantitative estimate of drug-likeness (QED) is 0.894. The number of rotatable bonds is 5. The molecule has 132 valence electrons. The maximum Gasteiger partial charge on any atom is 0.174 e. The number of aliphatic hydroxyl groups is 1. The summed E-state index contributed by atoms with van der Waals surface area (Å²) >= 11 is 0. The van der Waals surface area contributed by atoms with Crippen LogP contribution in [0.2, 0.25) is 0 Å². The number of hydrogen-bond donors (Lipinski definition) is 1. The van der Waals surface area contributed by atoms with E-state index in [0.717, 1.165) is 18.3 Å². The van der Waals surface area contributed by atoms with Crippen molar-refractivity contribution in [2.75, 3.05) is 18.2 Å². The van der Waals surface area contributed by atoms with E-state index in [1.165, 1.54) is 17.4 Å². The van der Waals surface area contributed by atoms with Gasteiger partial charge in [0.25, 0.3) is 0 Å². The first-order valence-corrected chi connectivity index (χ1v) is 7.66. The fraction of sp³-hybridized carbons (Fsp3) is 0.312. The van der Waals surface area contributed by atoms with Crippen LogP contribution in [0.25, 0.3) is 0 Å². The van der Waals surface area contributed by atoms with Gasteiger partial charge in [-0.25, -0.2) is 28.1 Å². The van der Waals surface area contributed by atoms with Gasteiger partial charge >= 0.3 is 0 Å². The lowest BCUT2D eigenvalue weighted by Gasteiger charge is -2.30. The molecule has 25 heavy (non-hydrogen) atoms. The largest absolute Gasteiger partial charge is 0.393 e. The molecule has 3 rings (SSSR count). The number of aliphatic imine (C=N–C) groups is 1. The Morgan fingerprint density at radius 2 is 2.04 bits per heavy atom. The Labute approximate surface area is 142 Å². The molecule has 1 unspecified atom stereocenters. The van der Waals surface area contributed by atoms with Crippen LogP contribution in [0.5, 0.6) is 0 Å². The van der Waals surface area contributed by atoms with Gasteiger partial charge in [-0.15, -0.1) is 0 Å². The molecule has 1 N–H and O–H groups in total. The molecular weight excluding hydrogens is 335 g/mol. The normalized spacial score (nSPS) is 16.2. The molecule has 2 aromatic rings. The molecule has 0 spiro atoms. The van der Waals surface area contributed by atoms with Gasteiger partial charge in [-0.3, -0.25) is 5.01 Å². The maximum absolute atomic E-state index is 14.3. The summed E-state index contributed by atoms with van der Waals surface area (Å²) in [4.78, 5) is 11.7. The van der Waals surface area contributed by atoms with Crippen LogP contribution in [0, 0.1) is 17.5 Å². The van der Waals surface area contributed by atoms with Gasteiger partial charge < -0.3 is 5.11 Å². The molecule has 1 aliphatic heterocycles. The van der Waals surface area contributed by atoms with Crippen LogP contribution in [-0.4, -0.2) is 45.2 Å². The van der Waals surface area contributed by atoms with Crippen LogP contribution >= 0.6 is 0 Å². The number of benzene rings is 1. The van der Waals surface area contributed by atoms with Crippen LogP contribution in [0.4, 0.5) is 18.9 Å². The van der Waals surface area contributed by atoms with Gasteiger partial charge in [-0.2, -0.15) is 5.01 Å². The number of hydrazine groups is 1. The average Bonchev–Trinajstić information content (AvgIpc) is 2.97. The molecular formula is C16H16F3N5O. The van der Waals surface area contributed by atoms with Crippen molar-refractivity contribution in [1.29, 1.82) is 0 Å². The van der Waals surface area contributed by atoms with Gasteiger partial charge in [-0.05, 0) is 25.5 Å². The second-order valence-electron chi connectivity index (χ2n) is 5.62. The standard InChI is InChI=1S/C16H16F3N5O/c1-10(25)4-5-23-9-22-16(15-13(19)7-20-8-21-15)24(23)14-3-2-11(17)6-12(14)18/h2-3,6-8,10,25H,4-5,9H2,1H3. The van der Waals surface area contributed by atoms with Crippen LogP contribution < -0.4 is 5.01 Å². The van der Waals surface area contributed by atoms with Gasteiger partial charge in [0.1, 0.15) is 24.5 Å². The van der Waals surface area contributed by atoms with Crippen LogP contribution in [0.1, 0.15) is 19.0 Å². The highest BCUT2D eigenvalue weighted by Gasteiger charge is 2.32. The van der Waals surface area contributed by atoms with Gasteiger partial charge in [0.2, 0.25) is 0 Å². The first-order chi connectivity index (χ1) is 12.0. The molecule has 0 aliphatic carbocycles. The molecule has 0 bridgehead atoms. The molecule has 0 saturated carbocycles. The Morgan fingerprint density at radius 1 is 1.24 bits per heavy atom. The number of aromatic nitrogens is 2. The molecule has 1 aromatic heterocycles. The van der Waals surface area contributed by atoms with E-state index >= 15 is 0 Å². The Balaban J connectivity index is 2.01. The summed E-state index contributed by atoms with van der Waals surface area (Å²) in [6.07, 6.45) is 1.98. The number of nitrogens with zero attached hydrogens (tertiary/aromatic N) is 5. The maximum atomic E-state index is 14.3. The molecule has 1 atom stereocenters. The topological polar surface area (TPSA) is 64.8 Å². The van der Waals surface area contributed by atoms with Crippen molar-refractivity contribution in [3.8, 4) is 0 Å². The molecule has 0 radical (unpaired) electrons. The smallest absolute Gasteiger partial charge is 0.174 e. The molecule has 0 saturated heterocycles. The van der Waals surface area contributed by atoms with E-state index in [4.69, 9.17) is 0 Å². The minimum Gasteiger partial charge on any atom is -0.393 e. The van der Waals surface area contributed by atoms with Gasteiger partial charge in [0.15, 0.2) is 17.5 Å². The zero-order chi connectivity index (χ0) is 18.0. The summed E-state index contributed by atoms with van der Waals surface area (Å²) in [5, 5.41) is 12.5. The summed E-state index contributed by atoms with van der Waals surface area (Å²) in [5.41, 5.74) is -0.0699. The van der Waals surface area contributed by atoms with E-state index in [2.05, 4.69) is 15.0 Å². The molecule has 6 nitrogen and oxygen atoms in total. The molecule has 1 aliphatic rings. The van der Waals surface area contributed by atoms with Crippen molar-refractivity contribution < 1.29 is 18.3 Å². The third-order valence-corrected chi connectivity index (χ3v) is 3.69. The van der Waals surface area contributed by atoms with E-state index in [9.17, 15) is 18.3 Å². The lowest BCUT2D eigenvalue weighted by molar-refractivity contribution is 0.161. The minimum absolute atomic E-state index is 0.0151. The number of hydrogen-bond acceptors (Lipinski definition) is 6. The van der Waals surface area contributed by atoms with Crippen molar-refractivity contribution in [3.05, 3.63) is 53.9 Å². The fourth-order valence-electron chi connectivity index (χ4n) is 2.49. The Morgan fingerprint density at radius 3 is 2.72 bits per heavy atom. The first kappa shape index (κ1) is 17.3. The highest BCUT2D eigenvalue weighted by atomic mass is 19.1.